The van der Waals surface area contributed by atoms with E-state index >= 15 is 0 Å². The molecular weight excluding hydrogens is 488 g/mol. The fourth-order valence-electron chi connectivity index (χ4n) is 5.75. The highest BCUT2D eigenvalue weighted by Gasteiger charge is 2.55. The summed E-state index contributed by atoms with van der Waals surface area (Å²) in [6.45, 7) is 6.17. The van der Waals surface area contributed by atoms with E-state index in [2.05, 4.69) is 14.7 Å². The van der Waals surface area contributed by atoms with Crippen molar-refractivity contribution < 1.29 is 17.9 Å². The molecule has 4 bridgehead atoms. The molecule has 8 nitrogen and oxygen atoms in total. The maximum absolute atomic E-state index is 13.7. The van der Waals surface area contributed by atoms with Crippen LogP contribution in [0.3, 0.4) is 0 Å². The summed E-state index contributed by atoms with van der Waals surface area (Å²) < 4.78 is 35.3. The van der Waals surface area contributed by atoms with Gasteiger partial charge in [0.1, 0.15) is 6.61 Å². The van der Waals surface area contributed by atoms with Gasteiger partial charge in [0.15, 0.2) is 0 Å². The fraction of sp³-hybridized carbons (Fsp3) is 0.393. The lowest BCUT2D eigenvalue weighted by atomic mass is 9.75. The third kappa shape index (κ3) is 4.35. The highest BCUT2D eigenvalue weighted by atomic mass is 32.2. The summed E-state index contributed by atoms with van der Waals surface area (Å²) in [6, 6.07) is 13.7. The first-order valence-electron chi connectivity index (χ1n) is 12.7. The van der Waals surface area contributed by atoms with Crippen LogP contribution in [0, 0.1) is 19.3 Å². The number of anilines is 1. The number of ether oxygens (including phenoxy) is 1. The second-order valence-corrected chi connectivity index (χ2v) is 12.4. The molecule has 1 atom stereocenters. The van der Waals surface area contributed by atoms with Crippen LogP contribution in [0.25, 0.3) is 11.3 Å². The van der Waals surface area contributed by atoms with E-state index in [0.717, 1.165) is 29.5 Å². The van der Waals surface area contributed by atoms with Crippen molar-refractivity contribution in [1.29, 1.82) is 0 Å². The molecule has 2 aliphatic carbocycles. The maximum Gasteiger partial charge on any atom is 0.264 e. The second-order valence-electron chi connectivity index (χ2n) is 10.7. The molecule has 1 spiro atoms. The minimum Gasteiger partial charge on any atom is -0.475 e. The smallest absolute Gasteiger partial charge is 0.264 e. The zero-order valence-corrected chi connectivity index (χ0v) is 22.0. The molecule has 6 rings (SSSR count). The van der Waals surface area contributed by atoms with Crippen LogP contribution in [0.4, 0.5) is 5.95 Å². The van der Waals surface area contributed by atoms with Crippen LogP contribution in [-0.2, 0) is 10.0 Å². The molecule has 3 aromatic rings. The SMILES string of the molecule is Cc1cccc(C)c1-c1cc2nc(n1)NS(=O)(=O)c1cccc(c1)C(=O)N(C1CC3(CC3)C1)[C@H](C)CO2. The van der Waals surface area contributed by atoms with Crippen molar-refractivity contribution in [2.24, 2.45) is 5.41 Å². The molecule has 0 saturated heterocycles. The van der Waals surface area contributed by atoms with Gasteiger partial charge in [-0.25, -0.2) is 18.1 Å². The zero-order chi connectivity index (χ0) is 25.9. The Morgan fingerprint density at radius 3 is 2.43 bits per heavy atom. The van der Waals surface area contributed by atoms with E-state index in [9.17, 15) is 13.2 Å². The van der Waals surface area contributed by atoms with Gasteiger partial charge in [0.2, 0.25) is 11.8 Å². The number of hydrogen-bond donors (Lipinski definition) is 1. The maximum atomic E-state index is 13.7. The van der Waals surface area contributed by atoms with Gasteiger partial charge in [-0.1, -0.05) is 24.3 Å². The van der Waals surface area contributed by atoms with E-state index < -0.39 is 10.0 Å². The van der Waals surface area contributed by atoms with E-state index in [-0.39, 0.29) is 41.3 Å². The van der Waals surface area contributed by atoms with Crippen LogP contribution >= 0.6 is 0 Å². The zero-order valence-electron chi connectivity index (χ0n) is 21.2. The monoisotopic (exact) mass is 518 g/mol. The van der Waals surface area contributed by atoms with Crippen molar-refractivity contribution in [3.8, 4) is 17.1 Å². The summed E-state index contributed by atoms with van der Waals surface area (Å²) >= 11 is 0. The molecule has 2 saturated carbocycles. The number of fused-ring (bicyclic) bond motifs is 4. The van der Waals surface area contributed by atoms with E-state index in [1.807, 2.05) is 43.9 Å². The van der Waals surface area contributed by atoms with E-state index in [0.29, 0.717) is 16.7 Å². The molecule has 2 heterocycles. The van der Waals surface area contributed by atoms with Crippen molar-refractivity contribution in [1.82, 2.24) is 14.9 Å². The molecule has 1 N–H and O–H groups in total. The van der Waals surface area contributed by atoms with Crippen molar-refractivity contribution in [2.45, 2.75) is 63.4 Å². The molecule has 9 heteroatoms. The number of rotatable bonds is 2. The van der Waals surface area contributed by atoms with Gasteiger partial charge in [-0.05, 0) is 81.2 Å². The van der Waals surface area contributed by atoms with Gasteiger partial charge in [-0.3, -0.25) is 4.79 Å². The number of sulfonamides is 1. The number of benzene rings is 2. The van der Waals surface area contributed by atoms with Crippen LogP contribution in [0.2, 0.25) is 0 Å². The van der Waals surface area contributed by atoms with E-state index in [4.69, 9.17) is 4.74 Å². The van der Waals surface area contributed by atoms with Crippen LogP contribution in [-0.4, -0.2) is 47.9 Å². The van der Waals surface area contributed by atoms with Crippen LogP contribution in [0.15, 0.2) is 53.4 Å². The Balaban J connectivity index is 1.45. The Kier molecular flexibility index (Phi) is 5.52. The number of aryl methyl sites for hydroxylation is 2. The average Bonchev–Trinajstić information content (AvgIpc) is 3.63. The summed E-state index contributed by atoms with van der Waals surface area (Å²) in [7, 11) is -4.05. The number of aromatic nitrogens is 2. The van der Waals surface area contributed by atoms with Crippen LogP contribution < -0.4 is 9.46 Å². The average molecular weight is 519 g/mol. The standard InChI is InChI=1S/C28H30N4O4S/c1-17-6-4-7-18(2)25(17)23-13-24-30-27(29-23)31-37(34,35)22-9-5-8-20(12-22)26(33)32(19(3)16-36-24)21-14-28(15-21)10-11-28/h4-9,12-13,19,21H,10-11,14-16H2,1-3H3,(H,29,30,31)/t19-/m1/s1. The van der Waals surface area contributed by atoms with Gasteiger partial charge in [-0.2, -0.15) is 4.98 Å². The summed E-state index contributed by atoms with van der Waals surface area (Å²) in [4.78, 5) is 24.5. The lowest BCUT2D eigenvalue weighted by Crippen LogP contribution is -2.54. The molecular formula is C28H30N4O4S. The molecule has 0 radical (unpaired) electrons. The lowest BCUT2D eigenvalue weighted by molar-refractivity contribution is 0.0177. The predicted octanol–water partition coefficient (Wildman–Crippen LogP) is 4.73. The molecule has 2 aromatic carbocycles. The van der Waals surface area contributed by atoms with E-state index in [1.165, 1.54) is 25.0 Å². The van der Waals surface area contributed by atoms with Gasteiger partial charge in [0.25, 0.3) is 15.9 Å². The quantitative estimate of drug-likeness (QED) is 0.527. The highest BCUT2D eigenvalue weighted by Crippen LogP contribution is 2.62. The number of carbonyl (C=O) groups excluding carboxylic acids is 1. The van der Waals surface area contributed by atoms with E-state index in [1.54, 1.807) is 18.2 Å². The Labute approximate surface area is 217 Å². The minimum absolute atomic E-state index is 0.0129. The number of nitrogens with zero attached hydrogens (tertiary/aromatic N) is 3. The third-order valence-corrected chi connectivity index (χ3v) is 9.25. The Morgan fingerprint density at radius 1 is 1.03 bits per heavy atom. The normalized spacial score (nSPS) is 22.1. The molecule has 1 amide bonds. The van der Waals surface area contributed by atoms with Gasteiger partial charge in [0.05, 0.1) is 16.6 Å². The molecule has 37 heavy (non-hydrogen) atoms. The Morgan fingerprint density at radius 2 is 1.73 bits per heavy atom. The molecule has 3 aliphatic rings. The second kappa shape index (κ2) is 8.55. The fourth-order valence-corrected chi connectivity index (χ4v) is 6.74. The molecule has 1 aliphatic heterocycles. The number of amides is 1. The van der Waals surface area contributed by atoms with Gasteiger partial charge >= 0.3 is 0 Å². The molecule has 2 fully saturated rings. The summed E-state index contributed by atoms with van der Waals surface area (Å²) in [5.74, 6) is -0.00458. The summed E-state index contributed by atoms with van der Waals surface area (Å²) in [5.41, 5.74) is 4.23. The van der Waals surface area contributed by atoms with Crippen molar-refractivity contribution >= 4 is 21.9 Å². The van der Waals surface area contributed by atoms with Crippen LogP contribution in [0.5, 0.6) is 5.88 Å². The first kappa shape index (κ1) is 23.9. The number of nitrogens with one attached hydrogen (secondary N) is 1. The highest BCUT2D eigenvalue weighted by molar-refractivity contribution is 7.92. The van der Waals surface area contributed by atoms with Crippen molar-refractivity contribution in [3.63, 3.8) is 0 Å². The van der Waals surface area contributed by atoms with Crippen molar-refractivity contribution in [3.05, 3.63) is 65.2 Å². The molecule has 0 unspecified atom stereocenters. The van der Waals surface area contributed by atoms with Gasteiger partial charge in [0, 0.05) is 23.2 Å². The number of hydrogen-bond acceptors (Lipinski definition) is 6. The minimum atomic E-state index is -4.05. The first-order valence-corrected chi connectivity index (χ1v) is 14.2. The third-order valence-electron chi connectivity index (χ3n) is 7.93. The van der Waals surface area contributed by atoms with Crippen molar-refractivity contribution in [2.75, 3.05) is 11.3 Å². The van der Waals surface area contributed by atoms with Gasteiger partial charge in [-0.15, -0.1) is 0 Å². The Hall–Kier alpha value is -3.46. The molecule has 1 aromatic heterocycles. The van der Waals surface area contributed by atoms with Gasteiger partial charge < -0.3 is 9.64 Å². The molecule has 192 valence electrons. The predicted molar refractivity (Wildman–Crippen MR) is 140 cm³/mol. The topological polar surface area (TPSA) is 101 Å². The largest absolute Gasteiger partial charge is 0.475 e. The lowest BCUT2D eigenvalue weighted by Gasteiger charge is -2.46. The number of carbonyl (C=O) groups is 1. The van der Waals surface area contributed by atoms with Crippen LogP contribution in [0.1, 0.15) is 54.1 Å². The summed E-state index contributed by atoms with van der Waals surface area (Å²) in [6.07, 6.45) is 4.41. The Bertz CT molecular complexity index is 1490. The summed E-state index contributed by atoms with van der Waals surface area (Å²) in [5, 5.41) is 0. The first-order chi connectivity index (χ1) is 17.6.